The van der Waals surface area contributed by atoms with Crippen molar-refractivity contribution in [1.82, 2.24) is 9.97 Å². The summed E-state index contributed by atoms with van der Waals surface area (Å²) in [4.78, 5) is 8.92. The number of aliphatic hydroxyl groups excluding tert-OH is 1. The van der Waals surface area contributed by atoms with E-state index in [0.717, 1.165) is 41.8 Å². The number of hydrogen-bond donors (Lipinski definition) is 2. The minimum Gasteiger partial charge on any atom is -0.396 e. The highest BCUT2D eigenvalue weighted by molar-refractivity contribution is 7.98. The molecule has 1 rings (SSSR count). The van der Waals surface area contributed by atoms with Crippen LogP contribution in [0.3, 0.4) is 0 Å². The summed E-state index contributed by atoms with van der Waals surface area (Å²) in [6.07, 6.45) is 1.08. The maximum absolute atomic E-state index is 8.96. The number of aromatic nitrogens is 2. The normalized spacial score (nSPS) is 12.4. The van der Waals surface area contributed by atoms with Gasteiger partial charge in [-0.15, -0.1) is 0 Å². The highest BCUT2D eigenvalue weighted by atomic mass is 32.2. The van der Waals surface area contributed by atoms with Crippen molar-refractivity contribution in [2.45, 2.75) is 32.9 Å². The van der Waals surface area contributed by atoms with Crippen LogP contribution in [0, 0.1) is 12.8 Å². The van der Waals surface area contributed by atoms with Gasteiger partial charge in [0, 0.05) is 24.9 Å². The molecule has 0 aliphatic rings. The van der Waals surface area contributed by atoms with Gasteiger partial charge in [-0.3, -0.25) is 0 Å². The summed E-state index contributed by atoms with van der Waals surface area (Å²) in [6, 6.07) is 1.97. The van der Waals surface area contributed by atoms with Crippen LogP contribution < -0.4 is 5.32 Å². The van der Waals surface area contributed by atoms with Crippen molar-refractivity contribution < 1.29 is 5.11 Å². The second-order valence-corrected chi connectivity index (χ2v) is 5.57. The van der Waals surface area contributed by atoms with E-state index in [1.807, 2.05) is 19.9 Å². The van der Waals surface area contributed by atoms with E-state index in [-0.39, 0.29) is 6.61 Å². The van der Waals surface area contributed by atoms with E-state index in [0.29, 0.717) is 5.92 Å². The average molecular weight is 269 g/mol. The lowest BCUT2D eigenvalue weighted by Gasteiger charge is -2.09. The summed E-state index contributed by atoms with van der Waals surface area (Å²) in [5, 5.41) is 12.2. The Kier molecular flexibility index (Phi) is 7.05. The smallest absolute Gasteiger partial charge is 0.140 e. The number of aryl methyl sites for hydroxylation is 1. The lowest BCUT2D eigenvalue weighted by Crippen LogP contribution is -2.07. The van der Waals surface area contributed by atoms with Crippen molar-refractivity contribution in [3.8, 4) is 0 Å². The SMILES string of the molecule is CCCNc1cc(C)nc(CSCC(C)CO)n1. The summed E-state index contributed by atoms with van der Waals surface area (Å²) in [7, 11) is 0. The summed E-state index contributed by atoms with van der Waals surface area (Å²) < 4.78 is 0. The Morgan fingerprint density at radius 2 is 2.22 bits per heavy atom. The van der Waals surface area contributed by atoms with Crippen molar-refractivity contribution in [2.24, 2.45) is 5.92 Å². The Balaban J connectivity index is 2.51. The molecular weight excluding hydrogens is 246 g/mol. The van der Waals surface area contributed by atoms with Crippen LogP contribution >= 0.6 is 11.8 Å². The van der Waals surface area contributed by atoms with Gasteiger partial charge in [0.2, 0.25) is 0 Å². The maximum atomic E-state index is 8.96. The van der Waals surface area contributed by atoms with Crippen LogP contribution in [0.5, 0.6) is 0 Å². The number of thioether (sulfide) groups is 1. The molecule has 1 heterocycles. The average Bonchev–Trinajstić information content (AvgIpc) is 2.35. The number of anilines is 1. The fourth-order valence-corrected chi connectivity index (χ4v) is 2.38. The molecular formula is C13H23N3OS. The summed E-state index contributed by atoms with van der Waals surface area (Å²) in [5.41, 5.74) is 0.995. The Hall–Kier alpha value is -0.810. The van der Waals surface area contributed by atoms with Gasteiger partial charge in [-0.05, 0) is 25.0 Å². The summed E-state index contributed by atoms with van der Waals surface area (Å²) in [6.45, 7) is 7.34. The van der Waals surface area contributed by atoms with Gasteiger partial charge in [0.15, 0.2) is 0 Å². The molecule has 0 saturated carbocycles. The van der Waals surface area contributed by atoms with Gasteiger partial charge in [-0.1, -0.05) is 13.8 Å². The molecule has 1 aromatic rings. The number of nitrogens with zero attached hydrogens (tertiary/aromatic N) is 2. The van der Waals surface area contributed by atoms with Gasteiger partial charge < -0.3 is 10.4 Å². The first-order valence-corrected chi connectivity index (χ1v) is 7.58. The summed E-state index contributed by atoms with van der Waals surface area (Å²) in [5.74, 6) is 3.84. The molecule has 0 amide bonds. The van der Waals surface area contributed by atoms with Gasteiger partial charge in [0.05, 0.1) is 5.75 Å². The molecule has 0 saturated heterocycles. The van der Waals surface area contributed by atoms with Crippen molar-refractivity contribution in [1.29, 1.82) is 0 Å². The summed E-state index contributed by atoms with van der Waals surface area (Å²) >= 11 is 1.77. The number of aliphatic hydroxyl groups is 1. The van der Waals surface area contributed by atoms with Crippen LogP contribution in [-0.4, -0.2) is 34.0 Å². The second-order valence-electron chi connectivity index (χ2n) is 4.54. The van der Waals surface area contributed by atoms with Crippen LogP contribution in [-0.2, 0) is 5.75 Å². The molecule has 0 aliphatic carbocycles. The molecule has 0 radical (unpaired) electrons. The Morgan fingerprint density at radius 1 is 1.44 bits per heavy atom. The van der Waals surface area contributed by atoms with E-state index in [4.69, 9.17) is 5.11 Å². The van der Waals surface area contributed by atoms with Gasteiger partial charge in [0.1, 0.15) is 11.6 Å². The van der Waals surface area contributed by atoms with Gasteiger partial charge in [0.25, 0.3) is 0 Å². The van der Waals surface area contributed by atoms with Crippen molar-refractivity contribution in [2.75, 3.05) is 24.2 Å². The molecule has 102 valence electrons. The molecule has 0 bridgehead atoms. The predicted octanol–water partition coefficient (Wildman–Crippen LogP) is 2.47. The number of nitrogens with one attached hydrogen (secondary N) is 1. The molecule has 1 aromatic heterocycles. The highest BCUT2D eigenvalue weighted by Gasteiger charge is 2.04. The molecule has 0 aliphatic heterocycles. The molecule has 1 atom stereocenters. The highest BCUT2D eigenvalue weighted by Crippen LogP contribution is 2.15. The first kappa shape index (κ1) is 15.2. The minimum absolute atomic E-state index is 0.241. The Morgan fingerprint density at radius 3 is 2.89 bits per heavy atom. The fourth-order valence-electron chi connectivity index (χ4n) is 1.44. The first-order chi connectivity index (χ1) is 8.65. The zero-order valence-corrected chi connectivity index (χ0v) is 12.3. The van der Waals surface area contributed by atoms with Gasteiger partial charge in [-0.2, -0.15) is 11.8 Å². The number of hydrogen-bond acceptors (Lipinski definition) is 5. The third-order valence-electron chi connectivity index (χ3n) is 2.40. The van der Waals surface area contributed by atoms with Crippen molar-refractivity contribution in [3.05, 3.63) is 17.6 Å². The quantitative estimate of drug-likeness (QED) is 0.759. The molecule has 0 spiro atoms. The van der Waals surface area contributed by atoms with E-state index >= 15 is 0 Å². The van der Waals surface area contributed by atoms with Gasteiger partial charge >= 0.3 is 0 Å². The topological polar surface area (TPSA) is 58.0 Å². The predicted molar refractivity (Wildman–Crippen MR) is 78.0 cm³/mol. The largest absolute Gasteiger partial charge is 0.396 e. The van der Waals surface area contributed by atoms with Crippen LogP contribution in [0.4, 0.5) is 5.82 Å². The van der Waals surface area contributed by atoms with E-state index in [2.05, 4.69) is 22.2 Å². The maximum Gasteiger partial charge on any atom is 0.140 e. The second kappa shape index (κ2) is 8.32. The standard InChI is InChI=1S/C13H23N3OS/c1-4-5-14-12-6-11(3)15-13(16-12)9-18-8-10(2)7-17/h6,10,17H,4-5,7-9H2,1-3H3,(H,14,15,16). The van der Waals surface area contributed by atoms with Crippen molar-refractivity contribution in [3.63, 3.8) is 0 Å². The van der Waals surface area contributed by atoms with Crippen molar-refractivity contribution >= 4 is 17.6 Å². The van der Waals surface area contributed by atoms with E-state index in [9.17, 15) is 0 Å². The zero-order chi connectivity index (χ0) is 13.4. The number of rotatable bonds is 8. The van der Waals surface area contributed by atoms with Crippen LogP contribution in [0.1, 0.15) is 31.8 Å². The van der Waals surface area contributed by atoms with E-state index in [1.54, 1.807) is 11.8 Å². The van der Waals surface area contributed by atoms with E-state index in [1.165, 1.54) is 0 Å². The molecule has 0 aromatic carbocycles. The zero-order valence-electron chi connectivity index (χ0n) is 11.4. The first-order valence-electron chi connectivity index (χ1n) is 6.42. The fraction of sp³-hybridized carbons (Fsp3) is 0.692. The Bertz CT molecular complexity index is 360. The molecule has 1 unspecified atom stereocenters. The van der Waals surface area contributed by atoms with E-state index < -0.39 is 0 Å². The monoisotopic (exact) mass is 269 g/mol. The molecule has 4 nitrogen and oxygen atoms in total. The van der Waals surface area contributed by atoms with Gasteiger partial charge in [-0.25, -0.2) is 9.97 Å². The molecule has 2 N–H and O–H groups in total. The van der Waals surface area contributed by atoms with Crippen LogP contribution in [0.15, 0.2) is 6.07 Å². The third-order valence-corrected chi connectivity index (χ3v) is 3.67. The lowest BCUT2D eigenvalue weighted by atomic mass is 10.2. The minimum atomic E-state index is 0.241. The third kappa shape index (κ3) is 5.69. The Labute approximate surface area is 114 Å². The van der Waals surface area contributed by atoms with Crippen LogP contribution in [0.25, 0.3) is 0 Å². The van der Waals surface area contributed by atoms with Crippen LogP contribution in [0.2, 0.25) is 0 Å². The molecule has 18 heavy (non-hydrogen) atoms. The molecule has 5 heteroatoms. The lowest BCUT2D eigenvalue weighted by molar-refractivity contribution is 0.250. The molecule has 0 fully saturated rings.